The molecule has 200 valence electrons. The summed E-state index contributed by atoms with van der Waals surface area (Å²) in [5.41, 5.74) is 13.1. The van der Waals surface area contributed by atoms with E-state index >= 15 is 0 Å². The normalized spacial score (nSPS) is 13.3. The van der Waals surface area contributed by atoms with E-state index in [2.05, 4.69) is 0 Å². The van der Waals surface area contributed by atoms with Crippen LogP contribution in [-0.2, 0) is 27.2 Å². The molecule has 0 aromatic heterocycles. The van der Waals surface area contributed by atoms with Gasteiger partial charge in [-0.2, -0.15) is 0 Å². The smallest absolute Gasteiger partial charge is 0.246 e. The minimum Gasteiger partial charge on any atom is -0.368 e. The van der Waals surface area contributed by atoms with Gasteiger partial charge in [0.25, 0.3) is 0 Å². The summed E-state index contributed by atoms with van der Waals surface area (Å²) in [5, 5.41) is 2.13. The van der Waals surface area contributed by atoms with Gasteiger partial charge in [-0.15, -0.1) is 0 Å². The molecule has 38 heavy (non-hydrogen) atoms. The first-order chi connectivity index (χ1) is 18.0. The summed E-state index contributed by atoms with van der Waals surface area (Å²) in [6.45, 7) is 3.76. The van der Waals surface area contributed by atoms with E-state index in [4.69, 9.17) is 11.5 Å². The lowest BCUT2D eigenvalue weighted by atomic mass is 9.98. The number of hydrogen-bond donors (Lipinski definition) is 2. The molecule has 3 amide bonds. The van der Waals surface area contributed by atoms with Gasteiger partial charge in [0, 0.05) is 32.5 Å². The molecule has 0 heterocycles. The highest BCUT2D eigenvalue weighted by molar-refractivity contribution is 5.95. The second-order valence-corrected chi connectivity index (χ2v) is 10.5. The molecule has 0 bridgehead atoms. The highest BCUT2D eigenvalue weighted by Crippen LogP contribution is 2.20. The largest absolute Gasteiger partial charge is 0.368 e. The van der Waals surface area contributed by atoms with E-state index in [0.29, 0.717) is 6.42 Å². The summed E-state index contributed by atoms with van der Waals surface area (Å²) < 4.78 is 0. The van der Waals surface area contributed by atoms with Crippen LogP contribution < -0.4 is 11.5 Å². The number of carbonyl (C=O) groups is 3. The van der Waals surface area contributed by atoms with E-state index in [1.165, 1.54) is 15.9 Å². The van der Waals surface area contributed by atoms with Crippen molar-refractivity contribution < 1.29 is 14.4 Å². The summed E-state index contributed by atoms with van der Waals surface area (Å²) in [7, 11) is 3.17. The van der Waals surface area contributed by atoms with Crippen LogP contribution in [0.1, 0.15) is 31.4 Å². The topological polar surface area (TPSA) is 110 Å². The molecule has 0 spiro atoms. The zero-order valence-electron chi connectivity index (χ0n) is 22.6. The van der Waals surface area contributed by atoms with Crippen LogP contribution in [0.2, 0.25) is 0 Å². The third kappa shape index (κ3) is 7.76. The van der Waals surface area contributed by atoms with Crippen LogP contribution in [-0.4, -0.2) is 59.2 Å². The van der Waals surface area contributed by atoms with Gasteiger partial charge in [-0.3, -0.25) is 14.4 Å². The number of likely N-dealkylation sites (N-methyl/N-ethyl adjacent to an activating group) is 2. The Morgan fingerprint density at radius 1 is 0.816 bits per heavy atom. The van der Waals surface area contributed by atoms with Crippen molar-refractivity contribution in [1.29, 1.82) is 0 Å². The van der Waals surface area contributed by atoms with Crippen molar-refractivity contribution in [3.05, 3.63) is 96.1 Å². The lowest BCUT2D eigenvalue weighted by Crippen LogP contribution is -2.55. The van der Waals surface area contributed by atoms with Gasteiger partial charge in [0.2, 0.25) is 17.7 Å². The molecule has 0 saturated carbocycles. The van der Waals surface area contributed by atoms with Crippen molar-refractivity contribution in [1.82, 2.24) is 9.80 Å². The molecule has 4 N–H and O–H groups in total. The first-order valence-electron chi connectivity index (χ1n) is 12.8. The molecule has 0 radical (unpaired) electrons. The van der Waals surface area contributed by atoms with E-state index in [1.807, 2.05) is 86.6 Å². The Hall–Kier alpha value is -3.97. The van der Waals surface area contributed by atoms with Gasteiger partial charge in [-0.1, -0.05) is 78.9 Å². The Labute approximate surface area is 225 Å². The lowest BCUT2D eigenvalue weighted by molar-refractivity contribution is -0.145. The predicted octanol–water partition coefficient (Wildman–Crippen LogP) is 3.45. The fourth-order valence-corrected chi connectivity index (χ4v) is 4.37. The first kappa shape index (κ1) is 28.6. The summed E-state index contributed by atoms with van der Waals surface area (Å²) in [6, 6.07) is 21.7. The van der Waals surface area contributed by atoms with Gasteiger partial charge < -0.3 is 21.3 Å². The molecule has 3 aromatic carbocycles. The Bertz CT molecular complexity index is 1300. The molecule has 3 aromatic rings. The van der Waals surface area contributed by atoms with Gasteiger partial charge in [0.15, 0.2) is 0 Å². The van der Waals surface area contributed by atoms with Crippen molar-refractivity contribution in [3.63, 3.8) is 0 Å². The number of rotatable bonds is 11. The Morgan fingerprint density at radius 3 is 2.05 bits per heavy atom. The first-order valence-corrected chi connectivity index (χ1v) is 12.8. The van der Waals surface area contributed by atoms with Gasteiger partial charge in [0.1, 0.15) is 12.1 Å². The Kier molecular flexibility index (Phi) is 9.42. The molecule has 0 unspecified atom stereocenters. The molecule has 0 aliphatic carbocycles. The van der Waals surface area contributed by atoms with E-state index in [-0.39, 0.29) is 24.7 Å². The number of amides is 3. The second-order valence-electron chi connectivity index (χ2n) is 10.5. The van der Waals surface area contributed by atoms with Gasteiger partial charge in [-0.25, -0.2) is 0 Å². The fraction of sp³-hybridized carbons (Fsp3) is 0.323. The average Bonchev–Trinajstić information content (AvgIpc) is 2.88. The van der Waals surface area contributed by atoms with Crippen LogP contribution in [0, 0.1) is 0 Å². The minimum atomic E-state index is -0.860. The molecule has 0 aliphatic rings. The zero-order valence-corrected chi connectivity index (χ0v) is 22.6. The Balaban J connectivity index is 1.91. The van der Waals surface area contributed by atoms with E-state index < -0.39 is 23.5 Å². The number of benzene rings is 3. The standard InChI is InChI=1S/C31H38N4O3/c1-31(2,33)18-10-15-28(36)34(3)27(21-23-16-17-24-13-8-9-14-25(24)19-23)30(38)35(4)26(29(32)37)20-22-11-6-5-7-12-22/h5-17,19,26-27H,18,20-21,33H2,1-4H3,(H2,32,37)/b15-10+/t26-,27-/m1/s1. The lowest BCUT2D eigenvalue weighted by Gasteiger charge is -2.33. The van der Waals surface area contributed by atoms with Crippen molar-refractivity contribution in [2.45, 2.75) is 50.7 Å². The summed E-state index contributed by atoms with van der Waals surface area (Å²) in [4.78, 5) is 42.3. The molecule has 7 nitrogen and oxygen atoms in total. The second kappa shape index (κ2) is 12.5. The van der Waals surface area contributed by atoms with E-state index in [9.17, 15) is 14.4 Å². The van der Waals surface area contributed by atoms with Crippen LogP contribution in [0.25, 0.3) is 10.8 Å². The van der Waals surface area contributed by atoms with Crippen molar-refractivity contribution in [2.24, 2.45) is 11.5 Å². The minimum absolute atomic E-state index is 0.281. The Morgan fingerprint density at radius 2 is 1.42 bits per heavy atom. The number of hydrogen-bond acceptors (Lipinski definition) is 4. The maximum absolute atomic E-state index is 13.9. The fourth-order valence-electron chi connectivity index (χ4n) is 4.37. The number of fused-ring (bicyclic) bond motifs is 1. The van der Waals surface area contributed by atoms with Crippen LogP contribution in [0.5, 0.6) is 0 Å². The molecule has 0 fully saturated rings. The molecule has 3 rings (SSSR count). The number of nitrogens with two attached hydrogens (primary N) is 2. The molecule has 7 heteroatoms. The van der Waals surface area contributed by atoms with Crippen LogP contribution in [0.4, 0.5) is 0 Å². The summed E-state index contributed by atoms with van der Waals surface area (Å²) in [6.07, 6.45) is 4.25. The highest BCUT2D eigenvalue weighted by Gasteiger charge is 2.34. The van der Waals surface area contributed by atoms with E-state index in [1.54, 1.807) is 20.2 Å². The van der Waals surface area contributed by atoms with Crippen molar-refractivity contribution in [3.8, 4) is 0 Å². The van der Waals surface area contributed by atoms with E-state index in [0.717, 1.165) is 21.9 Å². The van der Waals surface area contributed by atoms with Crippen molar-refractivity contribution >= 4 is 28.5 Å². The summed E-state index contributed by atoms with van der Waals surface area (Å²) in [5.74, 6) is -1.28. The van der Waals surface area contributed by atoms with Crippen LogP contribution in [0.3, 0.4) is 0 Å². The molecule has 2 atom stereocenters. The monoisotopic (exact) mass is 514 g/mol. The van der Waals surface area contributed by atoms with Crippen LogP contribution >= 0.6 is 0 Å². The third-order valence-corrected chi connectivity index (χ3v) is 6.66. The number of nitrogens with zero attached hydrogens (tertiary/aromatic N) is 2. The molecule has 0 aliphatic heterocycles. The highest BCUT2D eigenvalue weighted by atomic mass is 16.2. The molecular weight excluding hydrogens is 476 g/mol. The maximum Gasteiger partial charge on any atom is 0.246 e. The average molecular weight is 515 g/mol. The van der Waals surface area contributed by atoms with Gasteiger partial charge in [0.05, 0.1) is 0 Å². The number of primary amides is 1. The van der Waals surface area contributed by atoms with Gasteiger partial charge in [-0.05, 0) is 48.2 Å². The summed E-state index contributed by atoms with van der Waals surface area (Å²) >= 11 is 0. The van der Waals surface area contributed by atoms with Gasteiger partial charge >= 0.3 is 0 Å². The molecule has 0 saturated heterocycles. The zero-order chi connectivity index (χ0) is 27.9. The number of carbonyl (C=O) groups excluding carboxylic acids is 3. The SMILES string of the molecule is CN(C(=O)/C=C/CC(C)(C)N)[C@H](Cc1ccc2ccccc2c1)C(=O)N(C)[C@H](Cc1ccccc1)C(N)=O. The maximum atomic E-state index is 13.9. The van der Waals surface area contributed by atoms with Crippen LogP contribution in [0.15, 0.2) is 84.9 Å². The quantitative estimate of drug-likeness (QED) is 0.382. The predicted molar refractivity (Wildman–Crippen MR) is 152 cm³/mol. The molecular formula is C31H38N4O3. The van der Waals surface area contributed by atoms with Crippen molar-refractivity contribution in [2.75, 3.05) is 14.1 Å². The third-order valence-electron chi connectivity index (χ3n) is 6.66.